The van der Waals surface area contributed by atoms with E-state index in [1.807, 2.05) is 12.1 Å². The molecule has 1 fully saturated rings. The molecule has 2 nitrogen and oxygen atoms in total. The highest BCUT2D eigenvalue weighted by molar-refractivity contribution is 5.57. The van der Waals surface area contributed by atoms with Crippen molar-refractivity contribution in [3.05, 3.63) is 54.1 Å². The van der Waals surface area contributed by atoms with Gasteiger partial charge in [0.2, 0.25) is 0 Å². The number of allylic oxidation sites excluding steroid dienone is 3. The van der Waals surface area contributed by atoms with Gasteiger partial charge in [0.05, 0.1) is 0 Å². The first-order valence-electron chi connectivity index (χ1n) is 7.62. The highest BCUT2D eigenvalue weighted by Gasteiger charge is 2.23. The number of halogens is 1. The van der Waals surface area contributed by atoms with E-state index in [2.05, 4.69) is 31.4 Å². The van der Waals surface area contributed by atoms with E-state index in [1.165, 1.54) is 12.1 Å². The molecule has 0 N–H and O–H groups in total. The molecule has 114 valence electrons. The summed E-state index contributed by atoms with van der Waals surface area (Å²) in [4.78, 5) is 2.15. The molecule has 1 saturated heterocycles. The van der Waals surface area contributed by atoms with Gasteiger partial charge in [0.25, 0.3) is 0 Å². The zero-order chi connectivity index (χ0) is 15.2. The smallest absolute Gasteiger partial charge is 0.123 e. The molecule has 1 heterocycles. The Balaban J connectivity index is 2.29. The maximum absolute atomic E-state index is 13.2. The first kappa shape index (κ1) is 15.8. The Kier molecular flexibility index (Phi) is 5.57. The predicted molar refractivity (Wildman–Crippen MR) is 85.6 cm³/mol. The van der Waals surface area contributed by atoms with Crippen LogP contribution in [0.2, 0.25) is 0 Å². The Hall–Kier alpha value is -1.61. The summed E-state index contributed by atoms with van der Waals surface area (Å²) in [6.45, 7) is 10.1. The predicted octanol–water partition coefficient (Wildman–Crippen LogP) is 4.89. The average Bonchev–Trinajstić information content (AvgIpc) is 2.50. The summed E-state index contributed by atoms with van der Waals surface area (Å²) in [6.07, 6.45) is 5.13. The molecule has 0 atom stereocenters. The summed E-state index contributed by atoms with van der Waals surface area (Å²) in [5, 5.41) is 0. The second-order valence-electron chi connectivity index (χ2n) is 5.44. The van der Waals surface area contributed by atoms with Gasteiger partial charge < -0.3 is 9.64 Å². The van der Waals surface area contributed by atoms with E-state index in [4.69, 9.17) is 4.74 Å². The molecule has 0 bridgehead atoms. The number of hydrogen-bond donors (Lipinski definition) is 0. The van der Waals surface area contributed by atoms with Crippen molar-refractivity contribution in [1.82, 2.24) is 0 Å². The van der Waals surface area contributed by atoms with E-state index in [0.717, 1.165) is 49.6 Å². The molecule has 1 aliphatic heterocycles. The molecule has 0 spiro atoms. The van der Waals surface area contributed by atoms with Crippen LogP contribution in [0, 0.1) is 11.7 Å². The van der Waals surface area contributed by atoms with Crippen LogP contribution in [0.25, 0.3) is 0 Å². The number of hydrogen-bond acceptors (Lipinski definition) is 2. The lowest BCUT2D eigenvalue weighted by molar-refractivity contribution is 0.0754. The van der Waals surface area contributed by atoms with Crippen molar-refractivity contribution < 1.29 is 9.13 Å². The molecule has 0 radical (unpaired) electrons. The molecular weight excluding hydrogens is 265 g/mol. The third kappa shape index (κ3) is 3.94. The Labute approximate surface area is 126 Å². The van der Waals surface area contributed by atoms with Crippen molar-refractivity contribution in [1.29, 1.82) is 0 Å². The highest BCUT2D eigenvalue weighted by Crippen LogP contribution is 2.32. The zero-order valence-electron chi connectivity index (χ0n) is 12.9. The molecular formula is C18H24FNO. The van der Waals surface area contributed by atoms with Crippen molar-refractivity contribution in [3.63, 3.8) is 0 Å². The highest BCUT2D eigenvalue weighted by atomic mass is 19.1. The summed E-state index contributed by atoms with van der Waals surface area (Å²) in [5.74, 6) is 0.205. The summed E-state index contributed by atoms with van der Waals surface area (Å²) in [5.41, 5.74) is 3.18. The van der Waals surface area contributed by atoms with Crippen LogP contribution in [0.15, 0.2) is 48.3 Å². The lowest BCUT2D eigenvalue weighted by Crippen LogP contribution is -2.28. The van der Waals surface area contributed by atoms with Gasteiger partial charge in [-0.3, -0.25) is 0 Å². The fraction of sp³-hybridized carbons (Fsp3) is 0.444. The van der Waals surface area contributed by atoms with E-state index in [-0.39, 0.29) is 5.82 Å². The van der Waals surface area contributed by atoms with Crippen LogP contribution in [-0.4, -0.2) is 13.2 Å². The first-order valence-corrected chi connectivity index (χ1v) is 7.62. The quantitative estimate of drug-likeness (QED) is 0.765. The van der Waals surface area contributed by atoms with Gasteiger partial charge in [-0.15, -0.1) is 0 Å². The molecule has 3 heteroatoms. The van der Waals surface area contributed by atoms with Gasteiger partial charge >= 0.3 is 0 Å². The van der Waals surface area contributed by atoms with Crippen LogP contribution in [0.4, 0.5) is 10.1 Å². The van der Waals surface area contributed by atoms with Gasteiger partial charge in [-0.05, 0) is 50.5 Å². The minimum absolute atomic E-state index is 0.215. The van der Waals surface area contributed by atoms with E-state index in [1.54, 1.807) is 0 Å². The molecule has 0 aromatic heterocycles. The van der Waals surface area contributed by atoms with Crippen molar-refractivity contribution >= 4 is 5.69 Å². The maximum Gasteiger partial charge on any atom is 0.123 e. The number of benzene rings is 1. The molecule has 1 aliphatic rings. The van der Waals surface area contributed by atoms with Gasteiger partial charge in [0, 0.05) is 36.2 Å². The van der Waals surface area contributed by atoms with Crippen LogP contribution in [0.1, 0.15) is 33.1 Å². The summed E-state index contributed by atoms with van der Waals surface area (Å²) < 4.78 is 18.6. The molecule has 2 rings (SSSR count). The van der Waals surface area contributed by atoms with Crippen LogP contribution < -0.4 is 4.90 Å². The Morgan fingerprint density at radius 3 is 2.52 bits per heavy atom. The summed E-state index contributed by atoms with van der Waals surface area (Å²) in [7, 11) is 0. The monoisotopic (exact) mass is 289 g/mol. The third-order valence-electron chi connectivity index (χ3n) is 3.92. The first-order chi connectivity index (χ1) is 10.1. The minimum Gasteiger partial charge on any atom is -0.381 e. The standard InChI is InChI=1S/C18H24FNO/c1-4-5-14(2)20(18-8-6-17(19)7-9-18)15(3)16-10-12-21-13-11-16/h5-9,16H,3-4,10-13H2,1-2H3/b14-5+. The number of rotatable bonds is 5. The lowest BCUT2D eigenvalue weighted by Gasteiger charge is -2.34. The van der Waals surface area contributed by atoms with E-state index < -0.39 is 0 Å². The molecule has 0 saturated carbocycles. The fourth-order valence-corrected chi connectivity index (χ4v) is 2.79. The van der Waals surface area contributed by atoms with E-state index >= 15 is 0 Å². The van der Waals surface area contributed by atoms with Crippen molar-refractivity contribution in [3.8, 4) is 0 Å². The molecule has 0 unspecified atom stereocenters. The number of nitrogens with zero attached hydrogens (tertiary/aromatic N) is 1. The minimum atomic E-state index is -0.215. The Bertz CT molecular complexity index is 500. The number of ether oxygens (including phenoxy) is 1. The molecule has 0 aliphatic carbocycles. The molecule has 1 aromatic rings. The maximum atomic E-state index is 13.2. The topological polar surface area (TPSA) is 12.5 Å². The lowest BCUT2D eigenvalue weighted by atomic mass is 9.95. The van der Waals surface area contributed by atoms with Crippen molar-refractivity contribution in [2.75, 3.05) is 18.1 Å². The normalized spacial score (nSPS) is 16.8. The van der Waals surface area contributed by atoms with Crippen LogP contribution in [0.3, 0.4) is 0 Å². The average molecular weight is 289 g/mol. The Morgan fingerprint density at radius 1 is 1.33 bits per heavy atom. The van der Waals surface area contributed by atoms with Crippen molar-refractivity contribution in [2.24, 2.45) is 5.92 Å². The van der Waals surface area contributed by atoms with Crippen LogP contribution in [-0.2, 0) is 4.74 Å². The van der Waals surface area contributed by atoms with Crippen molar-refractivity contribution in [2.45, 2.75) is 33.1 Å². The fourth-order valence-electron chi connectivity index (χ4n) is 2.79. The van der Waals surface area contributed by atoms with Gasteiger partial charge in [-0.2, -0.15) is 0 Å². The van der Waals surface area contributed by atoms with Gasteiger partial charge in [-0.1, -0.05) is 19.6 Å². The SMILES string of the molecule is C=C(C1CCOCC1)N(/C(C)=C/CC)c1ccc(F)cc1. The van der Waals surface area contributed by atoms with Gasteiger partial charge in [0.1, 0.15) is 5.82 Å². The van der Waals surface area contributed by atoms with E-state index in [9.17, 15) is 4.39 Å². The summed E-state index contributed by atoms with van der Waals surface area (Å²) >= 11 is 0. The third-order valence-corrected chi connectivity index (χ3v) is 3.92. The van der Waals surface area contributed by atoms with Gasteiger partial charge in [0.15, 0.2) is 0 Å². The van der Waals surface area contributed by atoms with E-state index in [0.29, 0.717) is 5.92 Å². The largest absolute Gasteiger partial charge is 0.381 e. The summed E-state index contributed by atoms with van der Waals surface area (Å²) in [6, 6.07) is 6.62. The number of anilines is 1. The second kappa shape index (κ2) is 7.41. The molecule has 1 aromatic carbocycles. The van der Waals surface area contributed by atoms with Crippen LogP contribution >= 0.6 is 0 Å². The zero-order valence-corrected chi connectivity index (χ0v) is 12.9. The molecule has 21 heavy (non-hydrogen) atoms. The molecule has 0 amide bonds. The Morgan fingerprint density at radius 2 is 1.95 bits per heavy atom. The second-order valence-corrected chi connectivity index (χ2v) is 5.44. The van der Waals surface area contributed by atoms with Gasteiger partial charge in [-0.25, -0.2) is 4.39 Å². The van der Waals surface area contributed by atoms with Crippen LogP contribution in [0.5, 0.6) is 0 Å².